The van der Waals surface area contributed by atoms with Crippen LogP contribution in [-0.2, 0) is 30.3 Å². The largest absolute Gasteiger partial charge is 0.457 e. The quantitative estimate of drug-likeness (QED) is 0.350. The summed E-state index contributed by atoms with van der Waals surface area (Å²) < 4.78 is 18.9. The lowest BCUT2D eigenvalue weighted by Crippen LogP contribution is -2.60. The van der Waals surface area contributed by atoms with E-state index >= 15 is 0 Å². The fourth-order valence-corrected chi connectivity index (χ4v) is 5.04. The summed E-state index contributed by atoms with van der Waals surface area (Å²) in [7, 11) is 0. The Morgan fingerprint density at radius 3 is 2.19 bits per heavy atom. The normalized spacial score (nSPS) is 16.4. The number of nitrogens with zero attached hydrogens (tertiary/aromatic N) is 2. The lowest BCUT2D eigenvalue weighted by Gasteiger charge is -2.43. The molecule has 2 aromatic carbocycles. The molecular formula is C28H31FN2O5S. The van der Waals surface area contributed by atoms with Crippen LogP contribution in [0, 0.1) is 11.7 Å². The summed E-state index contributed by atoms with van der Waals surface area (Å²) in [6, 6.07) is 13.1. The van der Waals surface area contributed by atoms with Gasteiger partial charge in [0.05, 0.1) is 17.1 Å². The number of halogens is 1. The molecule has 0 spiro atoms. The fraction of sp³-hybridized carbons (Fsp3) is 0.357. The molecule has 9 heteroatoms. The Morgan fingerprint density at radius 1 is 1.03 bits per heavy atom. The topological polar surface area (TPSA) is 84.0 Å². The zero-order chi connectivity index (χ0) is 27.3. The van der Waals surface area contributed by atoms with Gasteiger partial charge in [-0.05, 0) is 55.0 Å². The number of esters is 1. The minimum atomic E-state index is -1.35. The second-order valence-corrected chi connectivity index (χ2v) is 10.4. The highest BCUT2D eigenvalue weighted by molar-refractivity contribution is 8.03. The van der Waals surface area contributed by atoms with Crippen LogP contribution in [0.4, 0.5) is 4.39 Å². The SMILES string of the molecule is CC(=O)N([C@@H](Cc1ccccc1)C(=O)C(=O)OC(C)C)N1C(=O)C(C(C)C)SC=C1c1ccc(F)cc1. The Bertz CT molecular complexity index is 1180. The molecular weight excluding hydrogens is 495 g/mol. The lowest BCUT2D eigenvalue weighted by atomic mass is 10.0. The predicted octanol–water partition coefficient (Wildman–Crippen LogP) is 4.62. The van der Waals surface area contributed by atoms with Crippen molar-refractivity contribution in [3.05, 3.63) is 76.9 Å². The molecule has 0 N–H and O–H groups in total. The van der Waals surface area contributed by atoms with Gasteiger partial charge in [-0.3, -0.25) is 14.4 Å². The Hall–Kier alpha value is -3.46. The third kappa shape index (κ3) is 6.65. The molecule has 0 bridgehead atoms. The number of hydrazine groups is 1. The first-order valence-corrected chi connectivity index (χ1v) is 13.0. The van der Waals surface area contributed by atoms with E-state index in [1.807, 2.05) is 19.9 Å². The molecule has 0 fully saturated rings. The Morgan fingerprint density at radius 2 is 1.65 bits per heavy atom. The molecule has 2 atom stereocenters. The number of Topliss-reactive ketones (excluding diaryl/α,β-unsaturated/α-hetero) is 1. The number of ketones is 1. The van der Waals surface area contributed by atoms with Gasteiger partial charge in [-0.2, -0.15) is 0 Å². The number of carbonyl (C=O) groups excluding carboxylic acids is 4. The molecule has 0 aliphatic carbocycles. The van der Waals surface area contributed by atoms with Gasteiger partial charge in [0.25, 0.3) is 11.7 Å². The van der Waals surface area contributed by atoms with Gasteiger partial charge in [-0.1, -0.05) is 44.2 Å². The lowest BCUT2D eigenvalue weighted by molar-refractivity contribution is -0.169. The Balaban J connectivity index is 2.17. The number of hydrogen-bond donors (Lipinski definition) is 0. The maximum atomic E-state index is 13.9. The molecule has 1 heterocycles. The average Bonchev–Trinajstić information content (AvgIpc) is 2.84. The van der Waals surface area contributed by atoms with Crippen LogP contribution in [0.15, 0.2) is 60.0 Å². The van der Waals surface area contributed by atoms with Crippen molar-refractivity contribution in [3.8, 4) is 0 Å². The van der Waals surface area contributed by atoms with E-state index in [4.69, 9.17) is 4.74 Å². The summed E-state index contributed by atoms with van der Waals surface area (Å²) in [6.45, 7) is 8.24. The highest BCUT2D eigenvalue weighted by Gasteiger charge is 2.44. The minimum absolute atomic E-state index is 0.0214. The van der Waals surface area contributed by atoms with Gasteiger partial charge in [0.2, 0.25) is 5.91 Å². The predicted molar refractivity (Wildman–Crippen MR) is 140 cm³/mol. The standard InChI is InChI=1S/C28H31FN2O5S/c1-17(2)26-27(34)31(24(16-37-26)21-11-13-22(29)14-12-21)30(19(5)32)23(15-20-9-7-6-8-10-20)25(33)28(35)36-18(3)4/h6-14,16-18,23,26H,15H2,1-5H3/t23-,26?/m0/s1. The summed E-state index contributed by atoms with van der Waals surface area (Å²) in [4.78, 5) is 53.3. The first kappa shape index (κ1) is 28.1. The van der Waals surface area contributed by atoms with E-state index < -0.39 is 46.8 Å². The third-order valence-electron chi connectivity index (χ3n) is 5.70. The van der Waals surface area contributed by atoms with Crippen molar-refractivity contribution in [2.45, 2.75) is 58.4 Å². The highest BCUT2D eigenvalue weighted by atomic mass is 32.2. The van der Waals surface area contributed by atoms with Crippen LogP contribution in [0.5, 0.6) is 0 Å². The van der Waals surface area contributed by atoms with E-state index in [0.29, 0.717) is 16.8 Å². The van der Waals surface area contributed by atoms with Gasteiger partial charge in [-0.25, -0.2) is 19.2 Å². The second kappa shape index (κ2) is 12.2. The van der Waals surface area contributed by atoms with E-state index in [1.165, 1.54) is 48.0 Å². The number of rotatable bonds is 9. The van der Waals surface area contributed by atoms with Crippen molar-refractivity contribution in [2.75, 3.05) is 0 Å². The number of benzene rings is 2. The summed E-state index contributed by atoms with van der Waals surface area (Å²) in [5.41, 5.74) is 1.48. The molecule has 3 rings (SSSR count). The van der Waals surface area contributed by atoms with Crippen molar-refractivity contribution in [1.82, 2.24) is 10.0 Å². The zero-order valence-corrected chi connectivity index (χ0v) is 22.3. The number of ether oxygens (including phenoxy) is 1. The maximum Gasteiger partial charge on any atom is 0.377 e. The van der Waals surface area contributed by atoms with Crippen LogP contribution in [0.25, 0.3) is 5.70 Å². The number of thioether (sulfide) groups is 1. The smallest absolute Gasteiger partial charge is 0.377 e. The van der Waals surface area contributed by atoms with Crippen LogP contribution >= 0.6 is 11.8 Å². The van der Waals surface area contributed by atoms with E-state index in [9.17, 15) is 23.6 Å². The highest BCUT2D eigenvalue weighted by Crippen LogP contribution is 2.37. The van der Waals surface area contributed by atoms with Gasteiger partial charge in [-0.15, -0.1) is 11.8 Å². The van der Waals surface area contributed by atoms with E-state index in [2.05, 4.69) is 0 Å². The second-order valence-electron chi connectivity index (χ2n) is 9.35. The van der Waals surface area contributed by atoms with Gasteiger partial charge in [0.15, 0.2) is 0 Å². The molecule has 1 aliphatic rings. The maximum absolute atomic E-state index is 13.9. The number of amides is 2. The molecule has 1 unspecified atom stereocenters. The Kier molecular flexibility index (Phi) is 9.26. The summed E-state index contributed by atoms with van der Waals surface area (Å²) in [5.74, 6) is -3.61. The van der Waals surface area contributed by atoms with Crippen LogP contribution in [-0.4, -0.2) is 51.0 Å². The summed E-state index contributed by atoms with van der Waals surface area (Å²) >= 11 is 1.30. The van der Waals surface area contributed by atoms with Crippen LogP contribution in [0.2, 0.25) is 0 Å². The molecule has 2 aromatic rings. The average molecular weight is 527 g/mol. The van der Waals surface area contributed by atoms with Gasteiger partial charge in [0.1, 0.15) is 11.9 Å². The molecule has 2 amide bonds. The van der Waals surface area contributed by atoms with Crippen molar-refractivity contribution >= 4 is 41.0 Å². The van der Waals surface area contributed by atoms with E-state index in [0.717, 1.165) is 5.01 Å². The van der Waals surface area contributed by atoms with Crippen molar-refractivity contribution in [1.29, 1.82) is 0 Å². The summed E-state index contributed by atoms with van der Waals surface area (Å²) in [5, 5.41) is 3.40. The Labute approximate surface area is 220 Å². The van der Waals surface area contributed by atoms with Gasteiger partial charge < -0.3 is 4.74 Å². The van der Waals surface area contributed by atoms with E-state index in [-0.39, 0.29) is 12.3 Å². The molecule has 0 saturated carbocycles. The minimum Gasteiger partial charge on any atom is -0.457 e. The monoisotopic (exact) mass is 526 g/mol. The van der Waals surface area contributed by atoms with Crippen LogP contribution in [0.3, 0.4) is 0 Å². The molecule has 7 nitrogen and oxygen atoms in total. The number of carbonyl (C=O) groups is 4. The molecule has 1 aliphatic heterocycles. The van der Waals surface area contributed by atoms with Gasteiger partial charge in [0, 0.05) is 18.9 Å². The van der Waals surface area contributed by atoms with Crippen LogP contribution < -0.4 is 0 Å². The number of hydrogen-bond acceptors (Lipinski definition) is 6. The molecule has 0 aromatic heterocycles. The van der Waals surface area contributed by atoms with Crippen molar-refractivity contribution in [2.24, 2.45) is 5.92 Å². The van der Waals surface area contributed by atoms with Gasteiger partial charge >= 0.3 is 5.97 Å². The molecule has 196 valence electrons. The fourth-order valence-electron chi connectivity index (χ4n) is 4.00. The van der Waals surface area contributed by atoms with Crippen molar-refractivity contribution in [3.63, 3.8) is 0 Å². The molecule has 37 heavy (non-hydrogen) atoms. The van der Waals surface area contributed by atoms with Crippen molar-refractivity contribution < 1.29 is 28.3 Å². The first-order valence-electron chi connectivity index (χ1n) is 12.0. The van der Waals surface area contributed by atoms with Crippen LogP contribution in [0.1, 0.15) is 45.7 Å². The van der Waals surface area contributed by atoms with E-state index in [1.54, 1.807) is 43.5 Å². The zero-order valence-electron chi connectivity index (χ0n) is 21.5. The third-order valence-corrected chi connectivity index (χ3v) is 7.10. The molecule has 0 saturated heterocycles. The summed E-state index contributed by atoms with van der Waals surface area (Å²) in [6.07, 6.45) is -0.570. The molecule has 0 radical (unpaired) electrons. The first-order chi connectivity index (χ1) is 17.5.